The largest absolute Gasteiger partial charge is 0.396 e. The molecule has 5 aliphatic rings. The first-order valence-corrected chi connectivity index (χ1v) is 14.4. The number of hydrogen-bond acceptors (Lipinski definition) is 3. The molecule has 5 saturated carbocycles. The van der Waals surface area contributed by atoms with Crippen LogP contribution < -0.4 is 0 Å². The summed E-state index contributed by atoms with van der Waals surface area (Å²) < 4.78 is 0. The normalized spacial score (nSPS) is 29.1. The van der Waals surface area contributed by atoms with Gasteiger partial charge >= 0.3 is 0 Å². The van der Waals surface area contributed by atoms with Gasteiger partial charge in [-0.05, 0) is 125 Å². The number of carbonyl (C=O) groups is 2. The molecule has 0 unspecified atom stereocenters. The lowest BCUT2D eigenvalue weighted by atomic mass is 9.47. The summed E-state index contributed by atoms with van der Waals surface area (Å²) >= 11 is 0. The summed E-state index contributed by atoms with van der Waals surface area (Å²) in [6, 6.07) is 19.8. The zero-order valence-corrected chi connectivity index (χ0v) is 21.5. The summed E-state index contributed by atoms with van der Waals surface area (Å²) in [5.41, 5.74) is 6.65. The SMILES string of the molecule is O=C1CCC(=O)C1c1ccc2cc(-c3ccc(CCCO)c(C45CC6CC(CC(C6)C4)C5)c3)ccc2c1. The topological polar surface area (TPSA) is 54.4 Å². The zero-order valence-electron chi connectivity index (χ0n) is 21.5. The number of aryl methyl sites for hydroxylation is 1. The molecule has 3 aromatic carbocycles. The van der Waals surface area contributed by atoms with E-state index in [4.69, 9.17) is 0 Å². The third-order valence-corrected chi connectivity index (χ3v) is 10.1. The van der Waals surface area contributed by atoms with E-state index < -0.39 is 5.92 Å². The van der Waals surface area contributed by atoms with Crippen molar-refractivity contribution in [2.45, 2.75) is 75.5 Å². The van der Waals surface area contributed by atoms with Gasteiger partial charge in [-0.2, -0.15) is 0 Å². The van der Waals surface area contributed by atoms with Crippen LogP contribution in [0.2, 0.25) is 0 Å². The maximum Gasteiger partial charge on any atom is 0.148 e. The lowest BCUT2D eigenvalue weighted by molar-refractivity contribution is -0.123. The molecule has 5 aliphatic carbocycles. The molecule has 1 N–H and O–H groups in total. The van der Waals surface area contributed by atoms with Crippen LogP contribution in [0.3, 0.4) is 0 Å². The quantitative estimate of drug-likeness (QED) is 0.380. The molecule has 0 spiro atoms. The first-order chi connectivity index (χ1) is 18.0. The van der Waals surface area contributed by atoms with Gasteiger partial charge in [0.1, 0.15) is 17.5 Å². The van der Waals surface area contributed by atoms with Crippen LogP contribution in [0.1, 0.15) is 80.4 Å². The van der Waals surface area contributed by atoms with Crippen molar-refractivity contribution in [2.75, 3.05) is 6.61 Å². The predicted molar refractivity (Wildman–Crippen MR) is 147 cm³/mol. The number of hydrogen-bond donors (Lipinski definition) is 1. The van der Waals surface area contributed by atoms with Crippen molar-refractivity contribution in [3.05, 3.63) is 71.3 Å². The Morgan fingerprint density at radius 2 is 1.32 bits per heavy atom. The highest BCUT2D eigenvalue weighted by molar-refractivity contribution is 6.13. The average Bonchev–Trinajstić information content (AvgIpc) is 3.23. The van der Waals surface area contributed by atoms with E-state index in [1.807, 2.05) is 12.1 Å². The second-order valence-electron chi connectivity index (χ2n) is 12.6. The highest BCUT2D eigenvalue weighted by Crippen LogP contribution is 2.61. The van der Waals surface area contributed by atoms with Crippen molar-refractivity contribution in [3.63, 3.8) is 0 Å². The van der Waals surface area contributed by atoms with Gasteiger partial charge in [-0.3, -0.25) is 9.59 Å². The van der Waals surface area contributed by atoms with E-state index in [-0.39, 0.29) is 18.2 Å². The smallest absolute Gasteiger partial charge is 0.148 e. The predicted octanol–water partition coefficient (Wildman–Crippen LogP) is 6.92. The number of carbonyl (C=O) groups excluding carboxylic acids is 2. The van der Waals surface area contributed by atoms with Gasteiger partial charge in [0, 0.05) is 19.4 Å². The number of fused-ring (bicyclic) bond motifs is 1. The van der Waals surface area contributed by atoms with Crippen molar-refractivity contribution in [1.29, 1.82) is 0 Å². The molecule has 0 radical (unpaired) electrons. The number of aliphatic hydroxyl groups is 1. The van der Waals surface area contributed by atoms with Gasteiger partial charge in [-0.25, -0.2) is 0 Å². The molecule has 3 aromatic rings. The Morgan fingerprint density at radius 3 is 2.00 bits per heavy atom. The first-order valence-electron chi connectivity index (χ1n) is 14.4. The molecular weight excluding hydrogens is 456 g/mol. The first kappa shape index (κ1) is 23.3. The molecule has 5 fully saturated rings. The lowest BCUT2D eigenvalue weighted by Gasteiger charge is -2.57. The fourth-order valence-electron chi connectivity index (χ4n) is 8.89. The summed E-state index contributed by atoms with van der Waals surface area (Å²) in [7, 11) is 0. The van der Waals surface area contributed by atoms with Gasteiger partial charge < -0.3 is 5.11 Å². The van der Waals surface area contributed by atoms with Crippen LogP contribution in [-0.2, 0) is 21.4 Å². The average molecular weight is 493 g/mol. The third kappa shape index (κ3) is 3.98. The Hall–Kier alpha value is -2.78. The van der Waals surface area contributed by atoms with Crippen LogP contribution in [0.5, 0.6) is 0 Å². The van der Waals surface area contributed by atoms with E-state index in [1.165, 1.54) is 55.2 Å². The number of Topliss-reactive ketones (excluding diaryl/α,β-unsaturated/α-hetero) is 2. The molecule has 3 heteroatoms. The highest BCUT2D eigenvalue weighted by atomic mass is 16.3. The van der Waals surface area contributed by atoms with Gasteiger partial charge in [0.15, 0.2) is 0 Å². The van der Waals surface area contributed by atoms with Crippen LogP contribution in [0.15, 0.2) is 54.6 Å². The minimum atomic E-state index is -0.571. The molecule has 0 amide bonds. The summed E-state index contributed by atoms with van der Waals surface area (Å²) in [5.74, 6) is 2.23. The summed E-state index contributed by atoms with van der Waals surface area (Å²) in [5, 5.41) is 11.8. The molecular formula is C34H36O3. The van der Waals surface area contributed by atoms with E-state index in [0.717, 1.165) is 46.9 Å². The fourth-order valence-corrected chi connectivity index (χ4v) is 8.89. The molecule has 3 nitrogen and oxygen atoms in total. The van der Waals surface area contributed by atoms with Crippen LogP contribution >= 0.6 is 0 Å². The van der Waals surface area contributed by atoms with Gasteiger partial charge in [0.25, 0.3) is 0 Å². The second-order valence-corrected chi connectivity index (χ2v) is 12.6. The van der Waals surface area contributed by atoms with E-state index in [2.05, 4.69) is 42.5 Å². The number of rotatable bonds is 6. The number of aliphatic hydroxyl groups excluding tert-OH is 1. The van der Waals surface area contributed by atoms with E-state index >= 15 is 0 Å². The minimum absolute atomic E-state index is 0.0551. The molecule has 0 aliphatic heterocycles. The Kier molecular flexibility index (Phi) is 5.62. The molecule has 37 heavy (non-hydrogen) atoms. The monoisotopic (exact) mass is 492 g/mol. The standard InChI is InChI=1S/C34H36O3/c35-11-1-2-24-3-4-28(17-30(24)34-18-21-12-22(19-34)14-23(13-21)20-34)26-5-6-27-16-29(8-7-25(27)15-26)33-31(36)9-10-32(33)37/h3-8,15-17,21-23,33,35H,1-2,9-14,18-20H2. The van der Waals surface area contributed by atoms with E-state index in [0.29, 0.717) is 18.3 Å². The lowest BCUT2D eigenvalue weighted by Crippen LogP contribution is -2.49. The zero-order chi connectivity index (χ0) is 25.1. The Morgan fingerprint density at radius 1 is 0.730 bits per heavy atom. The fraction of sp³-hybridized carbons (Fsp3) is 0.471. The Labute approximate surface area is 219 Å². The summed E-state index contributed by atoms with van der Waals surface area (Å²) in [6.45, 7) is 0.243. The molecule has 0 saturated heterocycles. The highest BCUT2D eigenvalue weighted by Gasteiger charge is 2.52. The van der Waals surface area contributed by atoms with E-state index in [1.54, 1.807) is 5.56 Å². The van der Waals surface area contributed by atoms with Crippen LogP contribution in [0.4, 0.5) is 0 Å². The van der Waals surface area contributed by atoms with Crippen molar-refractivity contribution < 1.29 is 14.7 Å². The maximum absolute atomic E-state index is 12.3. The molecule has 0 aromatic heterocycles. The van der Waals surface area contributed by atoms with Crippen LogP contribution in [-0.4, -0.2) is 23.3 Å². The molecule has 190 valence electrons. The van der Waals surface area contributed by atoms with Crippen molar-refractivity contribution in [1.82, 2.24) is 0 Å². The maximum atomic E-state index is 12.3. The number of benzene rings is 3. The van der Waals surface area contributed by atoms with Crippen LogP contribution in [0, 0.1) is 17.8 Å². The molecule has 8 rings (SSSR count). The second kappa shape index (κ2) is 8.91. The Bertz CT molecular complexity index is 1350. The van der Waals surface area contributed by atoms with Crippen molar-refractivity contribution in [2.24, 2.45) is 17.8 Å². The van der Waals surface area contributed by atoms with E-state index in [9.17, 15) is 14.7 Å². The molecule has 0 heterocycles. The minimum Gasteiger partial charge on any atom is -0.396 e. The van der Waals surface area contributed by atoms with Gasteiger partial charge in [0.05, 0.1) is 0 Å². The summed E-state index contributed by atoms with van der Waals surface area (Å²) in [4.78, 5) is 24.6. The van der Waals surface area contributed by atoms with Gasteiger partial charge in [-0.1, -0.05) is 42.5 Å². The van der Waals surface area contributed by atoms with Crippen LogP contribution in [0.25, 0.3) is 21.9 Å². The van der Waals surface area contributed by atoms with Crippen molar-refractivity contribution >= 4 is 22.3 Å². The number of ketones is 2. The molecule has 4 bridgehead atoms. The van der Waals surface area contributed by atoms with Crippen molar-refractivity contribution in [3.8, 4) is 11.1 Å². The molecule has 0 atom stereocenters. The van der Waals surface area contributed by atoms with Gasteiger partial charge in [-0.15, -0.1) is 0 Å². The Balaban J connectivity index is 1.26. The van der Waals surface area contributed by atoms with Gasteiger partial charge in [0.2, 0.25) is 0 Å². The summed E-state index contributed by atoms with van der Waals surface area (Å²) in [6.07, 6.45) is 10.9. The third-order valence-electron chi connectivity index (χ3n) is 10.1.